The standard InChI is InChI=1S/C20H13Cl3N2OS/c21-13-4-7-15(8-5-13)24-20(27)18(25-10-2-1-3-11-25)19(26)16-12-14(22)6-9-17(16)23/h1-12H,(H-,24,26,27). The van der Waals surface area contributed by atoms with Crippen LogP contribution in [0.5, 0.6) is 0 Å². The van der Waals surface area contributed by atoms with Crippen LogP contribution in [-0.2, 0) is 0 Å². The van der Waals surface area contributed by atoms with Crippen molar-refractivity contribution in [3.8, 4) is 0 Å². The fourth-order valence-corrected chi connectivity index (χ4v) is 3.23. The molecule has 0 unspecified atom stereocenters. The molecule has 1 N–H and O–H groups in total. The van der Waals surface area contributed by atoms with Gasteiger partial charge in [0.25, 0.3) is 0 Å². The number of nitrogens with zero attached hydrogens (tertiary/aromatic N) is 1. The van der Waals surface area contributed by atoms with Gasteiger partial charge in [-0.1, -0.05) is 53.1 Å². The van der Waals surface area contributed by atoms with Crippen molar-refractivity contribution in [3.63, 3.8) is 0 Å². The van der Waals surface area contributed by atoms with E-state index in [0.29, 0.717) is 20.8 Å². The van der Waals surface area contributed by atoms with E-state index >= 15 is 0 Å². The van der Waals surface area contributed by atoms with Gasteiger partial charge in [0.05, 0.1) is 0 Å². The van der Waals surface area contributed by atoms with Gasteiger partial charge in [-0.15, -0.1) is 0 Å². The zero-order valence-corrected chi connectivity index (χ0v) is 16.9. The monoisotopic (exact) mass is 434 g/mol. The molecule has 1 aromatic heterocycles. The summed E-state index contributed by atoms with van der Waals surface area (Å²) in [6.45, 7) is 0. The first-order chi connectivity index (χ1) is 13.0. The number of benzene rings is 2. The molecule has 0 bridgehead atoms. The van der Waals surface area contributed by atoms with Crippen LogP contribution in [0.25, 0.3) is 11.5 Å². The molecule has 3 rings (SSSR count). The van der Waals surface area contributed by atoms with Crippen molar-refractivity contribution >= 4 is 69.2 Å². The third-order valence-corrected chi connectivity index (χ3v) is 4.79. The van der Waals surface area contributed by atoms with Gasteiger partial charge < -0.3 is 10.4 Å². The van der Waals surface area contributed by atoms with E-state index in [2.05, 4.69) is 5.32 Å². The highest BCUT2D eigenvalue weighted by atomic mass is 35.5. The molecular weight excluding hydrogens is 423 g/mol. The molecule has 0 radical (unpaired) electrons. The Morgan fingerprint density at radius 2 is 1.52 bits per heavy atom. The molecular formula is C20H13Cl3N2OS. The van der Waals surface area contributed by atoms with E-state index < -0.39 is 0 Å². The van der Waals surface area contributed by atoms with Crippen molar-refractivity contribution < 1.29 is 9.67 Å². The Hall–Kier alpha value is -2.11. The van der Waals surface area contributed by atoms with Crippen molar-refractivity contribution in [1.29, 1.82) is 0 Å². The third kappa shape index (κ3) is 4.79. The molecule has 0 saturated heterocycles. The number of thiocarbonyl (C=S) groups is 1. The molecule has 2 aromatic carbocycles. The van der Waals surface area contributed by atoms with Gasteiger partial charge in [-0.2, -0.15) is 4.57 Å². The Morgan fingerprint density at radius 3 is 2.19 bits per heavy atom. The van der Waals surface area contributed by atoms with Gasteiger partial charge in [0.2, 0.25) is 5.70 Å². The van der Waals surface area contributed by atoms with Crippen LogP contribution in [0.3, 0.4) is 0 Å². The van der Waals surface area contributed by atoms with Gasteiger partial charge in [0.15, 0.2) is 17.4 Å². The molecule has 0 fully saturated rings. The number of hydrogen-bond acceptors (Lipinski definition) is 2. The molecule has 0 spiro atoms. The quantitative estimate of drug-likeness (QED) is 0.269. The maximum Gasteiger partial charge on any atom is 0.238 e. The SMILES string of the molecule is [O-]/C(=C(\C(=S)Nc1ccc(Cl)cc1)[n+]1ccccc1)c1cc(Cl)ccc1Cl. The van der Waals surface area contributed by atoms with Crippen molar-refractivity contribution in [2.45, 2.75) is 0 Å². The average molecular weight is 436 g/mol. The number of pyridine rings is 1. The highest BCUT2D eigenvalue weighted by Gasteiger charge is 2.19. The minimum atomic E-state index is -0.342. The summed E-state index contributed by atoms with van der Waals surface area (Å²) in [5, 5.41) is 17.6. The van der Waals surface area contributed by atoms with Crippen molar-refractivity contribution in [3.05, 3.63) is 93.7 Å². The molecule has 0 aliphatic heterocycles. The van der Waals surface area contributed by atoms with Crippen LogP contribution in [0.15, 0.2) is 73.1 Å². The van der Waals surface area contributed by atoms with Crippen LogP contribution in [0, 0.1) is 0 Å². The summed E-state index contributed by atoms with van der Waals surface area (Å²) in [6.07, 6.45) is 3.48. The lowest BCUT2D eigenvalue weighted by Gasteiger charge is -2.18. The summed E-state index contributed by atoms with van der Waals surface area (Å²) in [5.41, 5.74) is 1.24. The summed E-state index contributed by atoms with van der Waals surface area (Å²) in [6, 6.07) is 17.2. The van der Waals surface area contributed by atoms with Crippen LogP contribution in [0.2, 0.25) is 15.1 Å². The number of aromatic nitrogens is 1. The van der Waals surface area contributed by atoms with Gasteiger partial charge >= 0.3 is 0 Å². The summed E-state index contributed by atoms with van der Waals surface area (Å²) in [7, 11) is 0. The lowest BCUT2D eigenvalue weighted by molar-refractivity contribution is -0.577. The Balaban J connectivity index is 2.09. The van der Waals surface area contributed by atoms with E-state index in [4.69, 9.17) is 47.0 Å². The zero-order valence-electron chi connectivity index (χ0n) is 13.8. The van der Waals surface area contributed by atoms with Crippen LogP contribution < -0.4 is 15.0 Å². The minimum absolute atomic E-state index is 0.245. The van der Waals surface area contributed by atoms with Gasteiger partial charge in [0.1, 0.15) is 0 Å². The number of halogens is 3. The van der Waals surface area contributed by atoms with E-state index in [9.17, 15) is 5.11 Å². The maximum absolute atomic E-state index is 13.3. The number of hydrogen-bond donors (Lipinski definition) is 1. The summed E-state index contributed by atoms with van der Waals surface area (Å²) < 4.78 is 1.64. The second-order valence-electron chi connectivity index (χ2n) is 5.55. The van der Waals surface area contributed by atoms with Crippen molar-refractivity contribution in [1.82, 2.24) is 0 Å². The largest absolute Gasteiger partial charge is 0.867 e. The predicted molar refractivity (Wildman–Crippen MR) is 114 cm³/mol. The molecule has 0 amide bonds. The lowest BCUT2D eigenvalue weighted by atomic mass is 10.1. The molecule has 0 saturated carbocycles. The molecule has 0 atom stereocenters. The molecule has 0 aliphatic rings. The molecule has 27 heavy (non-hydrogen) atoms. The molecule has 3 aromatic rings. The molecule has 3 nitrogen and oxygen atoms in total. The summed E-state index contributed by atoms with van der Waals surface area (Å²) >= 11 is 23.7. The lowest BCUT2D eigenvalue weighted by Crippen LogP contribution is -2.39. The highest BCUT2D eigenvalue weighted by molar-refractivity contribution is 7.81. The topological polar surface area (TPSA) is 39.0 Å². The van der Waals surface area contributed by atoms with E-state index in [-0.39, 0.29) is 22.0 Å². The Morgan fingerprint density at radius 1 is 0.889 bits per heavy atom. The number of rotatable bonds is 4. The Kier molecular flexibility index (Phi) is 6.34. The van der Waals surface area contributed by atoms with Crippen LogP contribution in [0.1, 0.15) is 5.56 Å². The zero-order chi connectivity index (χ0) is 19.4. The predicted octanol–water partition coefficient (Wildman–Crippen LogP) is 5.06. The molecule has 0 aliphatic carbocycles. The number of nitrogens with one attached hydrogen (secondary N) is 1. The van der Waals surface area contributed by atoms with Crippen molar-refractivity contribution in [2.24, 2.45) is 0 Å². The van der Waals surface area contributed by atoms with Crippen LogP contribution in [-0.4, -0.2) is 4.99 Å². The second kappa shape index (κ2) is 8.72. The van der Waals surface area contributed by atoms with Gasteiger partial charge in [-0.3, -0.25) is 0 Å². The second-order valence-corrected chi connectivity index (χ2v) is 7.23. The molecule has 1 heterocycles. The first-order valence-corrected chi connectivity index (χ1v) is 9.40. The molecule has 136 valence electrons. The Labute approximate surface area is 177 Å². The summed E-state index contributed by atoms with van der Waals surface area (Å²) in [5.74, 6) is -0.342. The van der Waals surface area contributed by atoms with Crippen LogP contribution in [0.4, 0.5) is 5.69 Å². The van der Waals surface area contributed by atoms with Gasteiger partial charge in [-0.05, 0) is 53.8 Å². The normalized spacial score (nSPS) is 11.7. The summed E-state index contributed by atoms with van der Waals surface area (Å²) in [4.78, 5) is 0.245. The first kappa shape index (κ1) is 19.6. The molecule has 7 heteroatoms. The minimum Gasteiger partial charge on any atom is -0.867 e. The third-order valence-electron chi connectivity index (χ3n) is 3.68. The van der Waals surface area contributed by atoms with E-state index in [1.807, 2.05) is 6.07 Å². The number of anilines is 1. The average Bonchev–Trinajstić information content (AvgIpc) is 2.66. The van der Waals surface area contributed by atoms with Crippen molar-refractivity contribution in [2.75, 3.05) is 5.32 Å². The maximum atomic E-state index is 13.3. The van der Waals surface area contributed by atoms with Crippen LogP contribution >= 0.6 is 47.0 Å². The fraction of sp³-hybridized carbons (Fsp3) is 0. The van der Waals surface area contributed by atoms with Gasteiger partial charge in [0, 0.05) is 32.9 Å². The van der Waals surface area contributed by atoms with E-state index in [1.165, 1.54) is 6.07 Å². The first-order valence-electron chi connectivity index (χ1n) is 7.86. The van der Waals surface area contributed by atoms with E-state index in [1.54, 1.807) is 65.5 Å². The van der Waals surface area contributed by atoms with Gasteiger partial charge in [-0.25, -0.2) is 0 Å². The fourth-order valence-electron chi connectivity index (χ4n) is 2.41. The highest BCUT2D eigenvalue weighted by Crippen LogP contribution is 2.27. The van der Waals surface area contributed by atoms with E-state index in [0.717, 1.165) is 0 Å². The Bertz CT molecular complexity index is 1010. The smallest absolute Gasteiger partial charge is 0.238 e.